The van der Waals surface area contributed by atoms with Crippen LogP contribution >= 0.6 is 0 Å². The van der Waals surface area contributed by atoms with Crippen molar-refractivity contribution in [2.24, 2.45) is 0 Å². The number of carbonyl (C=O) groups is 1. The Balaban J connectivity index is 1.64. The second kappa shape index (κ2) is 7.05. The van der Waals surface area contributed by atoms with E-state index in [9.17, 15) is 9.59 Å². The molecule has 2 aliphatic rings. The maximum atomic E-state index is 13.0. The van der Waals surface area contributed by atoms with Crippen LogP contribution < -0.4 is 16.2 Å². The number of benzene rings is 1. The molecule has 1 aliphatic carbocycles. The Bertz CT molecular complexity index is 1090. The topological polar surface area (TPSA) is 91.3 Å². The summed E-state index contributed by atoms with van der Waals surface area (Å²) in [6, 6.07) is 7.49. The molecule has 1 aliphatic heterocycles. The molecule has 1 aromatic carbocycles. The minimum absolute atomic E-state index is 0.0829. The Morgan fingerprint density at radius 1 is 1.14 bits per heavy atom. The van der Waals surface area contributed by atoms with Crippen LogP contribution in [0.4, 0.5) is 0 Å². The first-order chi connectivity index (χ1) is 13.7. The lowest BCUT2D eigenvalue weighted by Gasteiger charge is -2.23. The van der Waals surface area contributed by atoms with Crippen molar-refractivity contribution in [2.45, 2.75) is 50.5 Å². The molecule has 0 spiro atoms. The third-order valence-electron chi connectivity index (χ3n) is 6.16. The summed E-state index contributed by atoms with van der Waals surface area (Å²) in [6.45, 7) is 1.88. The van der Waals surface area contributed by atoms with Gasteiger partial charge in [-0.1, -0.05) is 18.9 Å². The van der Waals surface area contributed by atoms with Crippen molar-refractivity contribution in [2.75, 3.05) is 13.1 Å². The van der Waals surface area contributed by atoms with Crippen molar-refractivity contribution >= 4 is 22.5 Å². The summed E-state index contributed by atoms with van der Waals surface area (Å²) < 4.78 is 1.84. The molecule has 0 bridgehead atoms. The second-order valence-corrected chi connectivity index (χ2v) is 8.00. The number of hydrogen-bond donors (Lipinski definition) is 3. The fourth-order valence-electron chi connectivity index (χ4n) is 4.72. The van der Waals surface area contributed by atoms with Crippen molar-refractivity contribution in [3.05, 3.63) is 45.9 Å². The highest BCUT2D eigenvalue weighted by molar-refractivity contribution is 6.11. The molecule has 5 rings (SSSR count). The largest absolute Gasteiger partial charge is 0.349 e. The van der Waals surface area contributed by atoms with Gasteiger partial charge in [-0.15, -0.1) is 0 Å². The van der Waals surface area contributed by atoms with Gasteiger partial charge in [0.15, 0.2) is 0 Å². The van der Waals surface area contributed by atoms with Crippen LogP contribution in [0.1, 0.15) is 60.5 Å². The number of aromatic nitrogens is 3. The van der Waals surface area contributed by atoms with E-state index in [0.29, 0.717) is 11.2 Å². The van der Waals surface area contributed by atoms with Gasteiger partial charge in [0.2, 0.25) is 0 Å². The van der Waals surface area contributed by atoms with Gasteiger partial charge in [-0.2, -0.15) is 5.10 Å². The molecule has 1 saturated carbocycles. The SMILES string of the molecule is O=C(NC1CCCC1)c1cccc2nn3c(C4CCNCC4)cc(=O)[nH]c3c12. The molecule has 28 heavy (non-hydrogen) atoms. The number of fused-ring (bicyclic) bond motifs is 3. The lowest BCUT2D eigenvalue weighted by atomic mass is 9.94. The summed E-state index contributed by atoms with van der Waals surface area (Å²) in [6.07, 6.45) is 6.35. The van der Waals surface area contributed by atoms with Crippen molar-refractivity contribution in [1.82, 2.24) is 25.2 Å². The summed E-state index contributed by atoms with van der Waals surface area (Å²) in [5, 5.41) is 12.0. The summed E-state index contributed by atoms with van der Waals surface area (Å²) in [7, 11) is 0. The summed E-state index contributed by atoms with van der Waals surface area (Å²) >= 11 is 0. The van der Waals surface area contributed by atoms with Gasteiger partial charge in [0.25, 0.3) is 11.5 Å². The van der Waals surface area contributed by atoms with E-state index in [1.165, 1.54) is 12.8 Å². The minimum Gasteiger partial charge on any atom is -0.349 e. The molecule has 7 heteroatoms. The van der Waals surface area contributed by atoms with E-state index >= 15 is 0 Å². The van der Waals surface area contributed by atoms with E-state index < -0.39 is 0 Å². The first-order valence-corrected chi connectivity index (χ1v) is 10.3. The van der Waals surface area contributed by atoms with Crippen LogP contribution in [0.3, 0.4) is 0 Å². The smallest absolute Gasteiger partial charge is 0.252 e. The number of amides is 1. The Morgan fingerprint density at radius 3 is 2.71 bits per heavy atom. The highest BCUT2D eigenvalue weighted by Crippen LogP contribution is 2.28. The van der Waals surface area contributed by atoms with E-state index in [-0.39, 0.29) is 23.4 Å². The number of H-pyrrole nitrogens is 1. The molecule has 146 valence electrons. The lowest BCUT2D eigenvalue weighted by molar-refractivity contribution is 0.0939. The first-order valence-electron chi connectivity index (χ1n) is 10.3. The zero-order valence-electron chi connectivity index (χ0n) is 15.8. The van der Waals surface area contributed by atoms with Gasteiger partial charge >= 0.3 is 0 Å². The quantitative estimate of drug-likeness (QED) is 0.651. The molecule has 0 radical (unpaired) electrons. The lowest BCUT2D eigenvalue weighted by Crippen LogP contribution is -2.32. The molecule has 7 nitrogen and oxygen atoms in total. The van der Waals surface area contributed by atoms with E-state index in [1.807, 2.05) is 22.7 Å². The fraction of sp³-hybridized carbons (Fsp3) is 0.476. The molecule has 3 N–H and O–H groups in total. The zero-order valence-corrected chi connectivity index (χ0v) is 15.8. The van der Waals surface area contributed by atoms with Crippen molar-refractivity contribution < 1.29 is 4.79 Å². The third-order valence-corrected chi connectivity index (χ3v) is 6.16. The van der Waals surface area contributed by atoms with Gasteiger partial charge in [0.05, 0.1) is 22.2 Å². The van der Waals surface area contributed by atoms with E-state index in [1.54, 1.807) is 6.07 Å². The van der Waals surface area contributed by atoms with E-state index in [4.69, 9.17) is 5.10 Å². The predicted molar refractivity (Wildman–Crippen MR) is 108 cm³/mol. The maximum absolute atomic E-state index is 13.0. The van der Waals surface area contributed by atoms with Gasteiger partial charge in [0.1, 0.15) is 5.65 Å². The Hall–Kier alpha value is -2.67. The highest BCUT2D eigenvalue weighted by Gasteiger charge is 2.24. The average molecular weight is 379 g/mol. The van der Waals surface area contributed by atoms with Gasteiger partial charge in [-0.25, -0.2) is 4.52 Å². The molecule has 0 atom stereocenters. The van der Waals surface area contributed by atoms with Crippen LogP contribution in [0.15, 0.2) is 29.1 Å². The van der Waals surface area contributed by atoms with Crippen LogP contribution in [-0.2, 0) is 0 Å². The van der Waals surface area contributed by atoms with Crippen molar-refractivity contribution in [3.8, 4) is 0 Å². The third kappa shape index (κ3) is 2.99. The number of carbonyl (C=O) groups excluding carboxylic acids is 1. The highest BCUT2D eigenvalue weighted by atomic mass is 16.1. The van der Waals surface area contributed by atoms with Crippen LogP contribution in [0.5, 0.6) is 0 Å². The molecule has 2 aromatic heterocycles. The maximum Gasteiger partial charge on any atom is 0.252 e. The van der Waals surface area contributed by atoms with Crippen LogP contribution in [0.2, 0.25) is 0 Å². The van der Waals surface area contributed by atoms with Gasteiger partial charge in [-0.3, -0.25) is 9.59 Å². The minimum atomic E-state index is -0.145. The standard InChI is InChI=1S/C21H25N5O2/c27-18-12-17(13-8-10-22-11-9-13)26-20(24-18)19-15(6-3-7-16(19)25-26)21(28)23-14-4-1-2-5-14/h3,6-7,12-14,22H,1-2,4-5,8-11H2,(H,23,28)(H,24,27). The predicted octanol–water partition coefficient (Wildman–Crippen LogP) is 2.32. The molecule has 1 amide bonds. The van der Waals surface area contributed by atoms with Gasteiger partial charge in [0, 0.05) is 18.0 Å². The summed E-state index contributed by atoms with van der Waals surface area (Å²) in [5.41, 5.74) is 2.72. The number of aromatic amines is 1. The van der Waals surface area contributed by atoms with Crippen LogP contribution in [0.25, 0.3) is 16.6 Å². The normalized spacial score (nSPS) is 18.9. The van der Waals surface area contributed by atoms with Crippen molar-refractivity contribution in [3.63, 3.8) is 0 Å². The molecule has 3 heterocycles. The van der Waals surface area contributed by atoms with Gasteiger partial charge < -0.3 is 15.6 Å². The molecule has 1 saturated heterocycles. The van der Waals surface area contributed by atoms with E-state index in [0.717, 1.165) is 55.4 Å². The monoisotopic (exact) mass is 379 g/mol. The molecule has 2 fully saturated rings. The number of nitrogens with zero attached hydrogens (tertiary/aromatic N) is 2. The average Bonchev–Trinajstić information content (AvgIpc) is 3.35. The summed E-state index contributed by atoms with van der Waals surface area (Å²) in [5.74, 6) is 0.205. The molecule has 0 unspecified atom stereocenters. The molecular formula is C21H25N5O2. The molecular weight excluding hydrogens is 354 g/mol. The zero-order chi connectivity index (χ0) is 19.1. The Kier molecular flexibility index (Phi) is 4.39. The summed E-state index contributed by atoms with van der Waals surface area (Å²) in [4.78, 5) is 28.3. The second-order valence-electron chi connectivity index (χ2n) is 8.00. The van der Waals surface area contributed by atoms with Crippen LogP contribution in [-0.4, -0.2) is 39.6 Å². The number of hydrogen-bond acceptors (Lipinski definition) is 4. The van der Waals surface area contributed by atoms with E-state index in [2.05, 4.69) is 15.6 Å². The van der Waals surface area contributed by atoms with Gasteiger partial charge in [-0.05, 0) is 50.9 Å². The Morgan fingerprint density at radius 2 is 1.93 bits per heavy atom. The fourth-order valence-corrected chi connectivity index (χ4v) is 4.72. The number of nitrogens with one attached hydrogen (secondary N) is 3. The Labute approximate surface area is 162 Å². The first kappa shape index (κ1) is 17.4. The number of piperidine rings is 1. The molecule has 3 aromatic rings. The van der Waals surface area contributed by atoms with Crippen molar-refractivity contribution in [1.29, 1.82) is 0 Å². The number of rotatable bonds is 3. The van der Waals surface area contributed by atoms with Crippen LogP contribution in [0, 0.1) is 0 Å².